The SMILES string of the molecule is CCCC(C#N)C#CC1C(=O)CCC1C(=O)OC. The molecule has 0 bridgehead atoms. The van der Waals surface area contributed by atoms with Crippen LogP contribution in [0.2, 0.25) is 0 Å². The number of nitriles is 1. The van der Waals surface area contributed by atoms with Crippen molar-refractivity contribution in [1.82, 2.24) is 0 Å². The molecular formula is C14H17NO3. The summed E-state index contributed by atoms with van der Waals surface area (Å²) < 4.78 is 4.67. The van der Waals surface area contributed by atoms with E-state index in [1.807, 2.05) is 6.92 Å². The van der Waals surface area contributed by atoms with E-state index in [-0.39, 0.29) is 17.7 Å². The van der Waals surface area contributed by atoms with Gasteiger partial charge in [-0.2, -0.15) is 5.26 Å². The zero-order valence-electron chi connectivity index (χ0n) is 10.7. The van der Waals surface area contributed by atoms with Crippen LogP contribution in [0.1, 0.15) is 32.6 Å². The van der Waals surface area contributed by atoms with Crippen LogP contribution in [-0.4, -0.2) is 18.9 Å². The third-order valence-electron chi connectivity index (χ3n) is 3.10. The molecule has 0 amide bonds. The van der Waals surface area contributed by atoms with Gasteiger partial charge >= 0.3 is 5.97 Å². The highest BCUT2D eigenvalue weighted by molar-refractivity contribution is 5.92. The summed E-state index contributed by atoms with van der Waals surface area (Å²) in [6.07, 6.45) is 2.42. The van der Waals surface area contributed by atoms with Crippen molar-refractivity contribution < 1.29 is 14.3 Å². The van der Waals surface area contributed by atoms with E-state index in [2.05, 4.69) is 22.6 Å². The molecule has 0 N–H and O–H groups in total. The Labute approximate surface area is 107 Å². The smallest absolute Gasteiger partial charge is 0.310 e. The molecule has 4 nitrogen and oxygen atoms in total. The topological polar surface area (TPSA) is 67.2 Å². The first-order chi connectivity index (χ1) is 8.63. The molecule has 0 aliphatic heterocycles. The van der Waals surface area contributed by atoms with Gasteiger partial charge in [-0.15, -0.1) is 0 Å². The molecule has 96 valence electrons. The summed E-state index contributed by atoms with van der Waals surface area (Å²) in [5.74, 6) is 3.80. The second kappa shape index (κ2) is 6.81. The van der Waals surface area contributed by atoms with Crippen LogP contribution in [0, 0.1) is 40.9 Å². The van der Waals surface area contributed by atoms with Gasteiger partial charge in [-0.05, 0) is 12.8 Å². The summed E-state index contributed by atoms with van der Waals surface area (Å²) in [6, 6.07) is 2.10. The Morgan fingerprint density at radius 1 is 1.61 bits per heavy atom. The highest BCUT2D eigenvalue weighted by atomic mass is 16.5. The molecule has 4 heteroatoms. The minimum atomic E-state index is -0.592. The molecule has 0 aromatic heterocycles. The Morgan fingerprint density at radius 3 is 2.89 bits per heavy atom. The highest BCUT2D eigenvalue weighted by Gasteiger charge is 2.39. The van der Waals surface area contributed by atoms with Crippen LogP contribution in [0.25, 0.3) is 0 Å². The second-order valence-corrected chi connectivity index (χ2v) is 4.37. The van der Waals surface area contributed by atoms with Crippen molar-refractivity contribution >= 4 is 11.8 Å². The van der Waals surface area contributed by atoms with Crippen LogP contribution in [0.4, 0.5) is 0 Å². The van der Waals surface area contributed by atoms with Crippen molar-refractivity contribution in [3.63, 3.8) is 0 Å². The fourth-order valence-corrected chi connectivity index (χ4v) is 2.08. The number of carbonyl (C=O) groups excluding carboxylic acids is 2. The predicted octanol–water partition coefficient (Wildman–Crippen LogP) is 1.70. The van der Waals surface area contributed by atoms with Crippen molar-refractivity contribution in [3.05, 3.63) is 0 Å². The first kappa shape index (κ1) is 14.3. The van der Waals surface area contributed by atoms with Gasteiger partial charge in [0.15, 0.2) is 0 Å². The van der Waals surface area contributed by atoms with E-state index in [1.165, 1.54) is 7.11 Å². The van der Waals surface area contributed by atoms with Crippen molar-refractivity contribution in [2.45, 2.75) is 32.6 Å². The van der Waals surface area contributed by atoms with E-state index in [0.717, 1.165) is 6.42 Å². The van der Waals surface area contributed by atoms with E-state index >= 15 is 0 Å². The van der Waals surface area contributed by atoms with Gasteiger partial charge in [0.2, 0.25) is 0 Å². The lowest BCUT2D eigenvalue weighted by atomic mass is 9.95. The molecule has 0 radical (unpaired) electrons. The second-order valence-electron chi connectivity index (χ2n) is 4.37. The van der Waals surface area contributed by atoms with E-state index in [1.54, 1.807) is 0 Å². The average molecular weight is 247 g/mol. The minimum Gasteiger partial charge on any atom is -0.469 e. The molecule has 0 saturated heterocycles. The Kier molecular flexibility index (Phi) is 5.39. The molecule has 3 unspecified atom stereocenters. The number of rotatable bonds is 3. The number of hydrogen-bond acceptors (Lipinski definition) is 4. The van der Waals surface area contributed by atoms with Gasteiger partial charge in [0.1, 0.15) is 11.7 Å². The monoisotopic (exact) mass is 247 g/mol. The molecule has 1 rings (SSSR count). The van der Waals surface area contributed by atoms with Gasteiger partial charge in [0.25, 0.3) is 0 Å². The first-order valence-electron chi connectivity index (χ1n) is 6.15. The fraction of sp³-hybridized carbons (Fsp3) is 0.643. The normalized spacial score (nSPS) is 23.7. The number of Topliss-reactive ketones (excluding diaryl/α,β-unsaturated/α-hetero) is 1. The molecule has 1 aliphatic carbocycles. The maximum atomic E-state index is 11.7. The summed E-state index contributed by atoms with van der Waals surface area (Å²) in [5.41, 5.74) is 0. The van der Waals surface area contributed by atoms with Crippen LogP contribution in [-0.2, 0) is 14.3 Å². The first-order valence-corrected chi connectivity index (χ1v) is 6.15. The van der Waals surface area contributed by atoms with Crippen molar-refractivity contribution in [2.75, 3.05) is 7.11 Å². The Hall–Kier alpha value is -1.81. The molecule has 3 atom stereocenters. The van der Waals surface area contributed by atoms with Gasteiger partial charge in [-0.3, -0.25) is 9.59 Å². The van der Waals surface area contributed by atoms with Crippen LogP contribution in [0.3, 0.4) is 0 Å². The summed E-state index contributed by atoms with van der Waals surface area (Å²) in [7, 11) is 1.31. The summed E-state index contributed by atoms with van der Waals surface area (Å²) in [5, 5.41) is 8.89. The molecule has 0 aromatic carbocycles. The van der Waals surface area contributed by atoms with Gasteiger partial charge in [-0.1, -0.05) is 25.2 Å². The van der Waals surface area contributed by atoms with Crippen LogP contribution in [0.15, 0.2) is 0 Å². The number of esters is 1. The highest BCUT2D eigenvalue weighted by Crippen LogP contribution is 2.29. The fourth-order valence-electron chi connectivity index (χ4n) is 2.08. The molecule has 0 aromatic rings. The van der Waals surface area contributed by atoms with Crippen molar-refractivity contribution in [3.8, 4) is 17.9 Å². The zero-order chi connectivity index (χ0) is 13.5. The lowest BCUT2D eigenvalue weighted by molar-refractivity contribution is -0.146. The Morgan fingerprint density at radius 2 is 2.33 bits per heavy atom. The molecule has 1 aliphatic rings. The number of ether oxygens (including phenoxy) is 1. The average Bonchev–Trinajstić information content (AvgIpc) is 2.75. The van der Waals surface area contributed by atoms with Crippen LogP contribution < -0.4 is 0 Å². The van der Waals surface area contributed by atoms with Gasteiger partial charge in [0, 0.05) is 6.42 Å². The lowest BCUT2D eigenvalue weighted by Crippen LogP contribution is -2.22. The third kappa shape index (κ3) is 3.34. The van der Waals surface area contributed by atoms with Crippen molar-refractivity contribution in [1.29, 1.82) is 5.26 Å². The standard InChI is InChI=1S/C14H17NO3/c1-3-4-10(9-15)5-6-11-12(14(17)18-2)7-8-13(11)16/h10-12H,3-4,7-8H2,1-2H3. The maximum absolute atomic E-state index is 11.7. The van der Waals surface area contributed by atoms with E-state index < -0.39 is 11.8 Å². The summed E-state index contributed by atoms with van der Waals surface area (Å²) in [6.45, 7) is 1.98. The Balaban J connectivity index is 2.80. The number of nitrogens with zero attached hydrogens (tertiary/aromatic N) is 1. The molecular weight excluding hydrogens is 230 g/mol. The lowest BCUT2D eigenvalue weighted by Gasteiger charge is -2.10. The molecule has 18 heavy (non-hydrogen) atoms. The maximum Gasteiger partial charge on any atom is 0.310 e. The zero-order valence-corrected chi connectivity index (χ0v) is 10.7. The van der Waals surface area contributed by atoms with E-state index in [4.69, 9.17) is 5.26 Å². The van der Waals surface area contributed by atoms with Gasteiger partial charge < -0.3 is 4.74 Å². The molecule has 0 heterocycles. The van der Waals surface area contributed by atoms with Crippen LogP contribution in [0.5, 0.6) is 0 Å². The quantitative estimate of drug-likeness (QED) is 0.562. The van der Waals surface area contributed by atoms with Crippen molar-refractivity contribution in [2.24, 2.45) is 17.8 Å². The number of methoxy groups -OCH3 is 1. The largest absolute Gasteiger partial charge is 0.469 e. The number of ketones is 1. The van der Waals surface area contributed by atoms with Crippen LogP contribution >= 0.6 is 0 Å². The summed E-state index contributed by atoms with van der Waals surface area (Å²) in [4.78, 5) is 23.2. The van der Waals surface area contributed by atoms with Gasteiger partial charge in [0.05, 0.1) is 25.0 Å². The minimum absolute atomic E-state index is 0.0221. The van der Waals surface area contributed by atoms with Gasteiger partial charge in [-0.25, -0.2) is 0 Å². The summed E-state index contributed by atoms with van der Waals surface area (Å²) >= 11 is 0. The number of hydrogen-bond donors (Lipinski definition) is 0. The third-order valence-corrected chi connectivity index (χ3v) is 3.10. The number of carbonyl (C=O) groups is 2. The predicted molar refractivity (Wildman–Crippen MR) is 65.0 cm³/mol. The molecule has 1 saturated carbocycles. The Bertz CT molecular complexity index is 425. The molecule has 0 spiro atoms. The van der Waals surface area contributed by atoms with E-state index in [0.29, 0.717) is 19.3 Å². The molecule has 1 fully saturated rings. The van der Waals surface area contributed by atoms with E-state index in [9.17, 15) is 9.59 Å².